The van der Waals surface area contributed by atoms with Crippen molar-refractivity contribution >= 4 is 53.0 Å². The quantitative estimate of drug-likeness (QED) is 0.115. The fourth-order valence-electron chi connectivity index (χ4n) is 4.30. The van der Waals surface area contributed by atoms with Gasteiger partial charge in [0.25, 0.3) is 0 Å². The molecule has 3 aromatic carbocycles. The molecule has 0 saturated carbocycles. The second-order valence-corrected chi connectivity index (χ2v) is 9.59. The molecule has 0 unspecified atom stereocenters. The smallest absolute Gasteiger partial charge is 0.407 e. The molecule has 0 aliphatic heterocycles. The van der Waals surface area contributed by atoms with Gasteiger partial charge in [-0.05, 0) is 34.2 Å². The number of amidine groups is 1. The van der Waals surface area contributed by atoms with Gasteiger partial charge in [-0.3, -0.25) is 10.2 Å². The van der Waals surface area contributed by atoms with Crippen molar-refractivity contribution in [2.45, 2.75) is 31.4 Å². The minimum Gasteiger partial charge on any atom is -0.461 e. The zero-order valence-corrected chi connectivity index (χ0v) is 23.4. The first-order chi connectivity index (χ1) is 17.5. The van der Waals surface area contributed by atoms with Gasteiger partial charge >= 0.3 is 12.1 Å². The van der Waals surface area contributed by atoms with Crippen LogP contribution < -0.4 is 11.1 Å². The zero-order chi connectivity index (χ0) is 25.3. The Hall–Kier alpha value is -3.05. The van der Waals surface area contributed by atoms with Gasteiger partial charge in [0.05, 0.1) is 0 Å². The van der Waals surface area contributed by atoms with E-state index < -0.39 is 12.1 Å². The number of hydrogen-bond donors (Lipinski definition) is 3. The molecular formula is C28H30IN3O4S. The normalized spacial score (nSPS) is 12.4. The number of halogens is 1. The molecule has 1 amide bonds. The van der Waals surface area contributed by atoms with Gasteiger partial charge in [-0.1, -0.05) is 90.6 Å². The van der Waals surface area contributed by atoms with E-state index in [9.17, 15) is 9.59 Å². The molecule has 0 aromatic heterocycles. The Balaban J connectivity index is 0.00000380. The molecule has 1 atom stereocenters. The number of carbonyl (C=O) groups is 2. The topological polar surface area (TPSA) is 115 Å². The molecule has 1 aliphatic rings. The maximum atomic E-state index is 12.7. The number of ether oxygens (including phenoxy) is 2. The van der Waals surface area contributed by atoms with Crippen molar-refractivity contribution in [3.63, 3.8) is 0 Å². The first kappa shape index (κ1) is 28.5. The van der Waals surface area contributed by atoms with Crippen molar-refractivity contribution in [1.29, 1.82) is 5.41 Å². The van der Waals surface area contributed by atoms with Crippen LogP contribution in [0, 0.1) is 5.41 Å². The highest BCUT2D eigenvalue weighted by atomic mass is 127. The highest BCUT2D eigenvalue weighted by molar-refractivity contribution is 14.0. The van der Waals surface area contributed by atoms with Gasteiger partial charge in [-0.2, -0.15) is 0 Å². The highest BCUT2D eigenvalue weighted by Crippen LogP contribution is 2.44. The van der Waals surface area contributed by atoms with Crippen LogP contribution in [0.5, 0.6) is 0 Å². The van der Waals surface area contributed by atoms with Crippen molar-refractivity contribution in [2.24, 2.45) is 5.73 Å². The van der Waals surface area contributed by atoms with Crippen LogP contribution in [-0.4, -0.2) is 35.6 Å². The predicted molar refractivity (Wildman–Crippen MR) is 157 cm³/mol. The van der Waals surface area contributed by atoms with Gasteiger partial charge in [-0.15, -0.1) is 24.0 Å². The van der Waals surface area contributed by atoms with Gasteiger partial charge in [0.1, 0.15) is 13.2 Å². The van der Waals surface area contributed by atoms with Crippen LogP contribution in [0.25, 0.3) is 11.1 Å². The number of amides is 1. The fourth-order valence-corrected chi connectivity index (χ4v) is 4.93. The van der Waals surface area contributed by atoms with E-state index in [0.717, 1.165) is 39.6 Å². The summed E-state index contributed by atoms with van der Waals surface area (Å²) in [6, 6.07) is 25.3. The SMILES string of the molecule is I.N=C(N)SC[C@H](CCC(=O)OCc1ccccc1)NC(=O)OCC1c2ccccc2-c2ccccc21. The number of esters is 1. The molecule has 7 nitrogen and oxygen atoms in total. The molecule has 9 heteroatoms. The van der Waals surface area contributed by atoms with Crippen LogP contribution in [0.4, 0.5) is 4.79 Å². The van der Waals surface area contributed by atoms with Crippen LogP contribution in [0.1, 0.15) is 35.4 Å². The lowest BCUT2D eigenvalue weighted by molar-refractivity contribution is -0.145. The van der Waals surface area contributed by atoms with E-state index in [-0.39, 0.29) is 60.7 Å². The molecule has 3 aromatic rings. The number of fused-ring (bicyclic) bond motifs is 3. The van der Waals surface area contributed by atoms with E-state index in [2.05, 4.69) is 29.6 Å². The average Bonchev–Trinajstić information content (AvgIpc) is 3.22. The summed E-state index contributed by atoms with van der Waals surface area (Å²) < 4.78 is 11.0. The van der Waals surface area contributed by atoms with Crippen LogP contribution in [0.15, 0.2) is 78.9 Å². The van der Waals surface area contributed by atoms with E-state index in [1.165, 1.54) is 0 Å². The first-order valence-electron chi connectivity index (χ1n) is 11.8. The van der Waals surface area contributed by atoms with Gasteiger partial charge in [0, 0.05) is 24.1 Å². The van der Waals surface area contributed by atoms with Gasteiger partial charge in [0.2, 0.25) is 0 Å². The summed E-state index contributed by atoms with van der Waals surface area (Å²) in [5.41, 5.74) is 11.0. The van der Waals surface area contributed by atoms with Gasteiger partial charge in [-0.25, -0.2) is 4.79 Å². The van der Waals surface area contributed by atoms with E-state index in [1.54, 1.807) is 0 Å². The third-order valence-corrected chi connectivity index (χ3v) is 6.93. The van der Waals surface area contributed by atoms with Gasteiger partial charge in [0.15, 0.2) is 5.17 Å². The number of rotatable bonds is 10. The lowest BCUT2D eigenvalue weighted by atomic mass is 9.98. The molecule has 194 valence electrons. The second-order valence-electron chi connectivity index (χ2n) is 8.53. The standard InChI is InChI=1S/C28H29N3O4S.HI/c29-27(30)36-18-20(14-15-26(32)34-16-19-8-2-1-3-9-19)31-28(33)35-17-25-23-12-6-4-10-21(23)22-11-5-7-13-24(22)25;/h1-13,20,25H,14-18H2,(H3,29,30)(H,31,33);1H/t20-;/m0./s1. The van der Waals surface area contributed by atoms with E-state index in [4.69, 9.17) is 20.6 Å². The highest BCUT2D eigenvalue weighted by Gasteiger charge is 2.29. The van der Waals surface area contributed by atoms with Crippen molar-refractivity contribution in [3.8, 4) is 11.1 Å². The van der Waals surface area contributed by atoms with Crippen molar-refractivity contribution < 1.29 is 19.1 Å². The minimum atomic E-state index is -0.566. The predicted octanol–water partition coefficient (Wildman–Crippen LogP) is 5.66. The van der Waals surface area contributed by atoms with E-state index in [0.29, 0.717) is 12.2 Å². The lowest BCUT2D eigenvalue weighted by Gasteiger charge is -2.19. The molecular weight excluding hydrogens is 601 g/mol. The number of hydrogen-bond acceptors (Lipinski definition) is 6. The Morgan fingerprint density at radius 3 is 2.14 bits per heavy atom. The Bertz CT molecular complexity index is 1180. The Labute approximate surface area is 238 Å². The summed E-state index contributed by atoms with van der Waals surface area (Å²) >= 11 is 1.11. The molecule has 0 heterocycles. The minimum absolute atomic E-state index is 0. The van der Waals surface area contributed by atoms with E-state index in [1.807, 2.05) is 54.6 Å². The molecule has 1 aliphatic carbocycles. The summed E-state index contributed by atoms with van der Waals surface area (Å²) in [7, 11) is 0. The molecule has 0 spiro atoms. The number of benzene rings is 3. The molecule has 4 N–H and O–H groups in total. The van der Waals surface area contributed by atoms with Crippen LogP contribution >= 0.6 is 35.7 Å². The molecule has 0 fully saturated rings. The molecule has 37 heavy (non-hydrogen) atoms. The van der Waals surface area contributed by atoms with Crippen LogP contribution in [-0.2, 0) is 20.9 Å². The van der Waals surface area contributed by atoms with Crippen molar-refractivity contribution in [1.82, 2.24) is 5.32 Å². The van der Waals surface area contributed by atoms with Crippen LogP contribution in [0.3, 0.4) is 0 Å². The second kappa shape index (κ2) is 14.0. The molecule has 4 rings (SSSR count). The average molecular weight is 632 g/mol. The first-order valence-corrected chi connectivity index (χ1v) is 12.8. The van der Waals surface area contributed by atoms with Crippen molar-refractivity contribution in [3.05, 3.63) is 95.6 Å². The number of thioether (sulfide) groups is 1. The number of nitrogens with two attached hydrogens (primary N) is 1. The monoisotopic (exact) mass is 631 g/mol. The number of alkyl carbamates (subject to hydrolysis) is 1. The maximum Gasteiger partial charge on any atom is 0.407 e. The molecule has 0 bridgehead atoms. The Morgan fingerprint density at radius 2 is 1.51 bits per heavy atom. The summed E-state index contributed by atoms with van der Waals surface area (Å²) in [5.74, 6) is -0.0435. The lowest BCUT2D eigenvalue weighted by Crippen LogP contribution is -2.38. The Kier molecular flexibility index (Phi) is 10.8. The molecule has 0 saturated heterocycles. The third-order valence-electron chi connectivity index (χ3n) is 6.05. The third kappa shape index (κ3) is 7.96. The van der Waals surface area contributed by atoms with Crippen LogP contribution in [0.2, 0.25) is 0 Å². The number of carbonyl (C=O) groups excluding carboxylic acids is 2. The number of nitrogens with one attached hydrogen (secondary N) is 2. The van der Waals surface area contributed by atoms with E-state index >= 15 is 0 Å². The summed E-state index contributed by atoms with van der Waals surface area (Å²) in [6.07, 6.45) is -0.0961. The fraction of sp³-hybridized carbons (Fsp3) is 0.250. The van der Waals surface area contributed by atoms with Crippen molar-refractivity contribution in [2.75, 3.05) is 12.4 Å². The molecule has 0 radical (unpaired) electrons. The summed E-state index contributed by atoms with van der Waals surface area (Å²) in [5, 5.41) is 10.3. The summed E-state index contributed by atoms with van der Waals surface area (Å²) in [6.45, 7) is 0.401. The Morgan fingerprint density at radius 1 is 0.919 bits per heavy atom. The zero-order valence-electron chi connectivity index (χ0n) is 20.2. The summed E-state index contributed by atoms with van der Waals surface area (Å²) in [4.78, 5) is 24.9. The maximum absolute atomic E-state index is 12.7. The van der Waals surface area contributed by atoms with Gasteiger partial charge < -0.3 is 20.5 Å². The largest absolute Gasteiger partial charge is 0.461 e.